The molecular weight excluding hydrogens is 348 g/mol. The lowest BCUT2D eigenvalue weighted by molar-refractivity contribution is 0.303. The van der Waals surface area contributed by atoms with Crippen LogP contribution in [0.2, 0.25) is 0 Å². The van der Waals surface area contributed by atoms with Gasteiger partial charge in [0.05, 0.1) is 9.88 Å². The molecule has 0 saturated carbocycles. The van der Waals surface area contributed by atoms with Gasteiger partial charge < -0.3 is 10.5 Å². The van der Waals surface area contributed by atoms with Gasteiger partial charge >= 0.3 is 0 Å². The fourth-order valence-electron chi connectivity index (χ4n) is 2.20. The van der Waals surface area contributed by atoms with E-state index in [9.17, 15) is 0 Å². The second-order valence-electron chi connectivity index (χ2n) is 5.22. The molecule has 1 heterocycles. The number of aromatic nitrogens is 1. The van der Waals surface area contributed by atoms with E-state index in [0.29, 0.717) is 6.61 Å². The number of thiazole rings is 1. The van der Waals surface area contributed by atoms with Gasteiger partial charge in [0.25, 0.3) is 0 Å². The highest BCUT2D eigenvalue weighted by Crippen LogP contribution is 2.30. The van der Waals surface area contributed by atoms with Crippen molar-refractivity contribution < 1.29 is 4.74 Å². The Morgan fingerprint density at radius 1 is 1.38 bits per heavy atom. The zero-order valence-electron chi connectivity index (χ0n) is 12.6. The van der Waals surface area contributed by atoms with Crippen LogP contribution in [0.3, 0.4) is 0 Å². The zero-order chi connectivity index (χ0) is 15.4. The van der Waals surface area contributed by atoms with Crippen LogP contribution in [0, 0.1) is 13.8 Å². The molecule has 0 radical (unpaired) electrons. The first-order valence-electron chi connectivity index (χ1n) is 7.08. The van der Waals surface area contributed by atoms with Gasteiger partial charge in [0.15, 0.2) is 0 Å². The summed E-state index contributed by atoms with van der Waals surface area (Å²) in [5.74, 6) is 0.952. The molecule has 2 aromatic rings. The molecule has 3 nitrogen and oxygen atoms in total. The van der Waals surface area contributed by atoms with Gasteiger partial charge in [-0.25, -0.2) is 4.98 Å². The minimum Gasteiger partial charge on any atom is -0.487 e. The third kappa shape index (κ3) is 4.53. The molecule has 0 saturated heterocycles. The van der Waals surface area contributed by atoms with Crippen LogP contribution in [0.5, 0.6) is 5.75 Å². The molecule has 0 aliphatic rings. The second-order valence-corrected chi connectivity index (χ2v) is 7.45. The van der Waals surface area contributed by atoms with Gasteiger partial charge in [-0.05, 0) is 49.9 Å². The van der Waals surface area contributed by atoms with Crippen molar-refractivity contribution in [2.45, 2.75) is 46.3 Å². The number of hydrogen-bond acceptors (Lipinski definition) is 4. The molecule has 21 heavy (non-hydrogen) atoms. The molecule has 1 aromatic carbocycles. The Balaban J connectivity index is 2.19. The largest absolute Gasteiger partial charge is 0.487 e. The lowest BCUT2D eigenvalue weighted by Crippen LogP contribution is -2.22. The number of benzene rings is 1. The van der Waals surface area contributed by atoms with Gasteiger partial charge in [0.2, 0.25) is 0 Å². The highest BCUT2D eigenvalue weighted by molar-refractivity contribution is 9.10. The molecule has 114 valence electrons. The van der Waals surface area contributed by atoms with Crippen LogP contribution in [-0.2, 0) is 13.0 Å². The van der Waals surface area contributed by atoms with Crippen LogP contribution in [0.1, 0.15) is 34.4 Å². The highest BCUT2D eigenvalue weighted by Gasteiger charge is 2.13. The monoisotopic (exact) mass is 368 g/mol. The van der Waals surface area contributed by atoms with Crippen LogP contribution < -0.4 is 10.5 Å². The topological polar surface area (TPSA) is 48.1 Å². The van der Waals surface area contributed by atoms with E-state index in [4.69, 9.17) is 10.5 Å². The predicted molar refractivity (Wildman–Crippen MR) is 92.0 cm³/mol. The number of nitrogens with two attached hydrogens (primary N) is 1. The fraction of sp³-hybridized carbons (Fsp3) is 0.438. The van der Waals surface area contributed by atoms with Crippen molar-refractivity contribution >= 4 is 27.3 Å². The van der Waals surface area contributed by atoms with E-state index < -0.39 is 0 Å². The van der Waals surface area contributed by atoms with Gasteiger partial charge in [-0.2, -0.15) is 0 Å². The Morgan fingerprint density at radius 3 is 2.76 bits per heavy atom. The molecule has 1 aromatic heterocycles. The lowest BCUT2D eigenvalue weighted by atomic mass is 10.0. The maximum absolute atomic E-state index is 6.11. The van der Waals surface area contributed by atoms with Gasteiger partial charge in [-0.3, -0.25) is 0 Å². The molecule has 0 aliphatic heterocycles. The summed E-state index contributed by atoms with van der Waals surface area (Å²) in [6, 6.07) is 4.34. The summed E-state index contributed by atoms with van der Waals surface area (Å²) in [5.41, 5.74) is 8.40. The normalized spacial score (nSPS) is 12.4. The molecule has 5 heteroatoms. The van der Waals surface area contributed by atoms with Crippen molar-refractivity contribution in [1.29, 1.82) is 0 Å². The summed E-state index contributed by atoms with van der Waals surface area (Å²) < 4.78 is 7.13. The highest BCUT2D eigenvalue weighted by atomic mass is 79.9. The minimum atomic E-state index is 0.159. The zero-order valence-corrected chi connectivity index (χ0v) is 15.1. The Bertz CT molecular complexity index is 612. The molecule has 1 unspecified atom stereocenters. The third-order valence-corrected chi connectivity index (χ3v) is 4.69. The molecule has 0 fully saturated rings. The first kappa shape index (κ1) is 16.5. The van der Waals surface area contributed by atoms with Crippen LogP contribution in [-0.4, -0.2) is 11.0 Å². The summed E-state index contributed by atoms with van der Waals surface area (Å²) in [7, 11) is 0. The van der Waals surface area contributed by atoms with Gasteiger partial charge in [0, 0.05) is 16.7 Å². The van der Waals surface area contributed by atoms with Crippen LogP contribution in [0.4, 0.5) is 0 Å². The van der Waals surface area contributed by atoms with E-state index in [1.165, 1.54) is 0 Å². The molecule has 2 N–H and O–H groups in total. The van der Waals surface area contributed by atoms with Crippen molar-refractivity contribution in [2.24, 2.45) is 5.73 Å². The first-order valence-corrected chi connectivity index (χ1v) is 8.69. The van der Waals surface area contributed by atoms with E-state index >= 15 is 0 Å². The fourth-order valence-corrected chi connectivity index (χ4v) is 3.53. The van der Waals surface area contributed by atoms with Crippen molar-refractivity contribution in [3.05, 3.63) is 43.8 Å². The van der Waals surface area contributed by atoms with Crippen molar-refractivity contribution in [3.8, 4) is 5.75 Å². The Labute approximate surface area is 138 Å². The average Bonchev–Trinajstić information content (AvgIpc) is 2.83. The number of nitrogens with zero attached hydrogens (tertiary/aromatic N) is 1. The minimum absolute atomic E-state index is 0.159. The maximum Gasteiger partial charge on any atom is 0.126 e. The molecule has 0 amide bonds. The lowest BCUT2D eigenvalue weighted by Gasteiger charge is -2.17. The summed E-state index contributed by atoms with van der Waals surface area (Å²) in [6.07, 6.45) is 3.67. The number of ether oxygens (including phenoxy) is 1. The predicted octanol–water partition coefficient (Wildman–Crippen LogP) is 4.38. The van der Waals surface area contributed by atoms with E-state index in [0.717, 1.165) is 44.1 Å². The standard InChI is InChI=1S/C16H21BrN2OS/c1-4-14(18)7-12-6-13(17)5-10(2)16(12)20-9-15-8-19-11(3)21-15/h5-6,8,14H,4,7,9,18H2,1-3H3. The first-order chi connectivity index (χ1) is 9.99. The molecule has 1 atom stereocenters. The second kappa shape index (κ2) is 7.38. The van der Waals surface area contributed by atoms with Crippen LogP contribution in [0.25, 0.3) is 0 Å². The molecule has 2 rings (SSSR count). The molecule has 0 aliphatic carbocycles. The van der Waals surface area contributed by atoms with E-state index in [1.807, 2.05) is 13.1 Å². The quantitative estimate of drug-likeness (QED) is 0.822. The number of rotatable bonds is 6. The molecule has 0 spiro atoms. The number of hydrogen-bond donors (Lipinski definition) is 1. The summed E-state index contributed by atoms with van der Waals surface area (Å²) in [4.78, 5) is 5.40. The van der Waals surface area contributed by atoms with Crippen molar-refractivity contribution in [3.63, 3.8) is 0 Å². The number of halogens is 1. The smallest absolute Gasteiger partial charge is 0.126 e. The van der Waals surface area contributed by atoms with Crippen molar-refractivity contribution in [2.75, 3.05) is 0 Å². The molecular formula is C16H21BrN2OS. The summed E-state index contributed by atoms with van der Waals surface area (Å²) >= 11 is 5.22. The van der Waals surface area contributed by atoms with Crippen molar-refractivity contribution in [1.82, 2.24) is 4.98 Å². The Hall–Kier alpha value is -0.910. The third-order valence-electron chi connectivity index (χ3n) is 3.35. The van der Waals surface area contributed by atoms with Gasteiger partial charge in [-0.15, -0.1) is 11.3 Å². The average molecular weight is 369 g/mol. The maximum atomic E-state index is 6.11. The van der Waals surface area contributed by atoms with E-state index in [2.05, 4.69) is 46.9 Å². The van der Waals surface area contributed by atoms with E-state index in [-0.39, 0.29) is 6.04 Å². The van der Waals surface area contributed by atoms with Crippen LogP contribution in [0.15, 0.2) is 22.8 Å². The van der Waals surface area contributed by atoms with Gasteiger partial charge in [-0.1, -0.05) is 22.9 Å². The summed E-state index contributed by atoms with van der Waals surface area (Å²) in [6.45, 7) is 6.74. The molecule has 0 bridgehead atoms. The Morgan fingerprint density at radius 2 is 2.14 bits per heavy atom. The Kier molecular flexibility index (Phi) is 5.79. The van der Waals surface area contributed by atoms with Gasteiger partial charge in [0.1, 0.15) is 12.4 Å². The van der Waals surface area contributed by atoms with Crippen LogP contribution >= 0.6 is 27.3 Å². The van der Waals surface area contributed by atoms with E-state index in [1.54, 1.807) is 11.3 Å². The summed E-state index contributed by atoms with van der Waals surface area (Å²) in [5, 5.41) is 1.06. The SMILES string of the molecule is CCC(N)Cc1cc(Br)cc(C)c1OCc1cnc(C)s1. The number of aryl methyl sites for hydroxylation is 2.